The van der Waals surface area contributed by atoms with Crippen LogP contribution in [0, 0.1) is 0 Å². The van der Waals surface area contributed by atoms with Gasteiger partial charge in [0.2, 0.25) is 0 Å². The van der Waals surface area contributed by atoms with Gasteiger partial charge in [-0.05, 0) is 12.8 Å². The van der Waals surface area contributed by atoms with Crippen molar-refractivity contribution in [2.24, 2.45) is 0 Å². The van der Waals surface area contributed by atoms with Crippen molar-refractivity contribution in [1.82, 2.24) is 10.2 Å². The Bertz CT molecular complexity index is 231. The van der Waals surface area contributed by atoms with E-state index in [4.69, 9.17) is 0 Å². The molecule has 1 N–H and O–H groups in total. The normalized spacial score (nSPS) is 44.5. The van der Waals surface area contributed by atoms with Crippen LogP contribution in [0.15, 0.2) is 0 Å². The minimum atomic E-state index is 0.176. The van der Waals surface area contributed by atoms with Crippen molar-refractivity contribution in [3.8, 4) is 0 Å². The molecular weight excluding hydrogens is 172 g/mol. The standard InChI is InChI=1S/C8H12N2OS/c11-8-9-5-4-12-6-2-1-3-10(8)7(5)6/h5-7H,1-4H2,(H,9,11)/t5-,6-,7?/m0/s1. The number of amides is 2. The highest BCUT2D eigenvalue weighted by Crippen LogP contribution is 2.39. The van der Waals surface area contributed by atoms with Crippen molar-refractivity contribution in [1.29, 1.82) is 0 Å². The summed E-state index contributed by atoms with van der Waals surface area (Å²) in [7, 11) is 0. The van der Waals surface area contributed by atoms with E-state index in [1.54, 1.807) is 0 Å². The molecule has 0 aromatic heterocycles. The van der Waals surface area contributed by atoms with Gasteiger partial charge in [-0.25, -0.2) is 4.79 Å². The third kappa shape index (κ3) is 0.762. The molecule has 3 rings (SSSR count). The maximum atomic E-state index is 11.4. The van der Waals surface area contributed by atoms with E-state index < -0.39 is 0 Å². The highest BCUT2D eigenvalue weighted by molar-refractivity contribution is 8.00. The number of piperidine rings is 1. The molecule has 1 unspecified atom stereocenters. The maximum absolute atomic E-state index is 11.4. The van der Waals surface area contributed by atoms with Gasteiger partial charge in [-0.15, -0.1) is 0 Å². The zero-order valence-corrected chi connectivity index (χ0v) is 7.64. The fourth-order valence-electron chi connectivity index (χ4n) is 2.57. The van der Waals surface area contributed by atoms with Gasteiger partial charge in [-0.3, -0.25) is 0 Å². The third-order valence-electron chi connectivity index (χ3n) is 3.10. The molecule has 0 spiro atoms. The van der Waals surface area contributed by atoms with Crippen molar-refractivity contribution in [2.75, 3.05) is 12.3 Å². The average Bonchev–Trinajstić information content (AvgIpc) is 2.61. The summed E-state index contributed by atoms with van der Waals surface area (Å²) in [5, 5.41) is 3.78. The van der Waals surface area contributed by atoms with Crippen molar-refractivity contribution >= 4 is 17.8 Å². The molecule has 4 heteroatoms. The van der Waals surface area contributed by atoms with Crippen LogP contribution >= 0.6 is 11.8 Å². The Morgan fingerprint density at radius 2 is 2.50 bits per heavy atom. The lowest BCUT2D eigenvalue weighted by molar-refractivity contribution is 0.187. The van der Waals surface area contributed by atoms with Gasteiger partial charge in [0.1, 0.15) is 0 Å². The van der Waals surface area contributed by atoms with Crippen LogP contribution in [0.1, 0.15) is 12.8 Å². The SMILES string of the molecule is O=C1N[C@H]2CS[C@H]3CCCN1C23. The number of hydrogen-bond acceptors (Lipinski definition) is 2. The lowest BCUT2D eigenvalue weighted by atomic mass is 9.99. The minimum absolute atomic E-state index is 0.176. The van der Waals surface area contributed by atoms with Crippen LogP contribution < -0.4 is 5.32 Å². The van der Waals surface area contributed by atoms with E-state index in [-0.39, 0.29) is 6.03 Å². The highest BCUT2D eigenvalue weighted by atomic mass is 32.2. The molecule has 0 saturated carbocycles. The molecule has 0 aliphatic carbocycles. The van der Waals surface area contributed by atoms with Crippen LogP contribution in [-0.4, -0.2) is 40.6 Å². The van der Waals surface area contributed by atoms with Gasteiger partial charge in [0, 0.05) is 17.5 Å². The Balaban J connectivity index is 1.94. The first kappa shape index (κ1) is 7.06. The second kappa shape index (κ2) is 2.31. The smallest absolute Gasteiger partial charge is 0.318 e. The van der Waals surface area contributed by atoms with Crippen molar-refractivity contribution in [3.63, 3.8) is 0 Å². The van der Waals surface area contributed by atoms with Gasteiger partial charge in [-0.1, -0.05) is 0 Å². The molecule has 3 nitrogen and oxygen atoms in total. The number of carbonyl (C=O) groups is 1. The predicted octanol–water partition coefficient (Wildman–Crippen LogP) is 0.658. The lowest BCUT2D eigenvalue weighted by Gasteiger charge is -2.32. The number of thioether (sulfide) groups is 1. The molecule has 3 aliphatic rings. The monoisotopic (exact) mass is 184 g/mol. The van der Waals surface area contributed by atoms with E-state index in [0.717, 1.165) is 17.5 Å². The Morgan fingerprint density at radius 3 is 3.42 bits per heavy atom. The summed E-state index contributed by atoms with van der Waals surface area (Å²) in [6.45, 7) is 0.976. The molecular formula is C8H12N2OS. The second-order valence-corrected chi connectivity index (χ2v) is 5.03. The van der Waals surface area contributed by atoms with Crippen LogP contribution in [-0.2, 0) is 0 Å². The maximum Gasteiger partial charge on any atom is 0.318 e. The first-order valence-electron chi connectivity index (χ1n) is 4.55. The van der Waals surface area contributed by atoms with E-state index in [2.05, 4.69) is 5.32 Å². The summed E-state index contributed by atoms with van der Waals surface area (Å²) >= 11 is 2.04. The topological polar surface area (TPSA) is 32.3 Å². The lowest BCUT2D eigenvalue weighted by Crippen LogP contribution is -2.44. The number of carbonyl (C=O) groups excluding carboxylic acids is 1. The van der Waals surface area contributed by atoms with Crippen LogP contribution in [0.5, 0.6) is 0 Å². The molecule has 0 aromatic carbocycles. The molecule has 3 saturated heterocycles. The molecule has 66 valence electrons. The Morgan fingerprint density at radius 1 is 1.58 bits per heavy atom. The van der Waals surface area contributed by atoms with Gasteiger partial charge in [0.25, 0.3) is 0 Å². The molecule has 0 bridgehead atoms. The Hall–Kier alpha value is -0.380. The molecule has 2 amide bonds. The predicted molar refractivity (Wildman–Crippen MR) is 48.3 cm³/mol. The van der Waals surface area contributed by atoms with E-state index in [1.807, 2.05) is 16.7 Å². The zero-order chi connectivity index (χ0) is 8.13. The van der Waals surface area contributed by atoms with Crippen molar-refractivity contribution in [3.05, 3.63) is 0 Å². The Labute approximate surface area is 75.9 Å². The van der Waals surface area contributed by atoms with Gasteiger partial charge in [0.05, 0.1) is 12.1 Å². The average molecular weight is 184 g/mol. The van der Waals surface area contributed by atoms with Gasteiger partial charge >= 0.3 is 6.03 Å². The molecule has 12 heavy (non-hydrogen) atoms. The van der Waals surface area contributed by atoms with Crippen molar-refractivity contribution in [2.45, 2.75) is 30.2 Å². The number of nitrogens with one attached hydrogen (secondary N) is 1. The third-order valence-corrected chi connectivity index (χ3v) is 4.59. The molecule has 3 atom stereocenters. The summed E-state index contributed by atoms with van der Waals surface area (Å²) in [6, 6.07) is 1.15. The van der Waals surface area contributed by atoms with Gasteiger partial charge in [0.15, 0.2) is 0 Å². The summed E-state index contributed by atoms with van der Waals surface area (Å²) in [5.41, 5.74) is 0. The Kier molecular flexibility index (Phi) is 1.36. The first-order chi connectivity index (χ1) is 5.86. The van der Waals surface area contributed by atoms with E-state index >= 15 is 0 Å². The van der Waals surface area contributed by atoms with Crippen LogP contribution in [0.25, 0.3) is 0 Å². The molecule has 3 fully saturated rings. The quantitative estimate of drug-likeness (QED) is 0.561. The number of hydrogen-bond donors (Lipinski definition) is 1. The van der Waals surface area contributed by atoms with E-state index in [0.29, 0.717) is 12.1 Å². The van der Waals surface area contributed by atoms with Crippen LogP contribution in [0.4, 0.5) is 4.79 Å². The summed E-state index contributed by atoms with van der Waals surface area (Å²) in [5.74, 6) is 1.12. The number of urea groups is 1. The number of nitrogens with zero attached hydrogens (tertiary/aromatic N) is 1. The highest BCUT2D eigenvalue weighted by Gasteiger charge is 2.49. The van der Waals surface area contributed by atoms with Crippen LogP contribution in [0.3, 0.4) is 0 Å². The second-order valence-electron chi connectivity index (χ2n) is 3.75. The van der Waals surface area contributed by atoms with Crippen LogP contribution in [0.2, 0.25) is 0 Å². The van der Waals surface area contributed by atoms with Crippen molar-refractivity contribution < 1.29 is 4.79 Å². The molecule has 3 heterocycles. The molecule has 0 radical (unpaired) electrons. The van der Waals surface area contributed by atoms with Gasteiger partial charge < -0.3 is 10.2 Å². The fourth-order valence-corrected chi connectivity index (χ4v) is 4.18. The fraction of sp³-hybridized carbons (Fsp3) is 0.875. The zero-order valence-electron chi connectivity index (χ0n) is 6.82. The minimum Gasteiger partial charge on any atom is -0.332 e. The summed E-state index contributed by atoms with van der Waals surface area (Å²) < 4.78 is 0. The van der Waals surface area contributed by atoms with E-state index in [9.17, 15) is 4.79 Å². The molecule has 0 aromatic rings. The largest absolute Gasteiger partial charge is 0.332 e. The number of rotatable bonds is 0. The first-order valence-corrected chi connectivity index (χ1v) is 5.60. The molecule has 3 aliphatic heterocycles. The summed E-state index contributed by atoms with van der Waals surface area (Å²) in [6.07, 6.45) is 2.49. The van der Waals surface area contributed by atoms with Gasteiger partial charge in [-0.2, -0.15) is 11.8 Å². The summed E-state index contributed by atoms with van der Waals surface area (Å²) in [4.78, 5) is 13.4. The van der Waals surface area contributed by atoms with E-state index in [1.165, 1.54) is 12.8 Å².